The highest BCUT2D eigenvalue weighted by Gasteiger charge is 2.18. The molecule has 1 atom stereocenters. The average molecular weight is 196 g/mol. The van der Waals surface area contributed by atoms with Crippen LogP contribution in [0.1, 0.15) is 11.5 Å². The number of aromatic nitrogens is 1. The summed E-state index contributed by atoms with van der Waals surface area (Å²) in [7, 11) is 1.48. The molecule has 1 aromatic heterocycles. The molecule has 0 radical (unpaired) electrons. The number of hydrogen-bond acceptors (Lipinski definition) is 4. The van der Waals surface area contributed by atoms with Crippen molar-refractivity contribution in [3.63, 3.8) is 0 Å². The Labute approximate surface area is 81.5 Å². The Hall–Kier alpha value is -1.62. The number of hydrogen-bond donors (Lipinski definition) is 2. The first-order valence-electron chi connectivity index (χ1n) is 4.12. The molecule has 0 saturated heterocycles. The van der Waals surface area contributed by atoms with E-state index in [1.165, 1.54) is 13.3 Å². The Morgan fingerprint density at radius 1 is 1.79 bits per heavy atom. The fraction of sp³-hybridized carbons (Fsp3) is 0.333. The molecule has 5 nitrogen and oxygen atoms in total. The number of nitrogens with two attached hydrogens (primary N) is 1. The molecule has 1 rings (SSSR count). The van der Waals surface area contributed by atoms with Gasteiger partial charge in [0.05, 0.1) is 13.0 Å². The number of methoxy groups -OCH3 is 1. The summed E-state index contributed by atoms with van der Waals surface area (Å²) in [5.41, 5.74) is 5.96. The van der Waals surface area contributed by atoms with Crippen molar-refractivity contribution < 1.29 is 14.6 Å². The summed E-state index contributed by atoms with van der Waals surface area (Å²) in [5, 5.41) is 8.85. The summed E-state index contributed by atoms with van der Waals surface area (Å²) < 4.78 is 4.88. The molecule has 0 aliphatic carbocycles. The van der Waals surface area contributed by atoms with Gasteiger partial charge >= 0.3 is 5.97 Å². The Kier molecular flexibility index (Phi) is 3.41. The standard InChI is InChI=1S/C9H12N2O3/c1-14-8-4-6(2-3-11-8)7(5-10)9(12)13/h2-4,7H,5,10H2,1H3,(H,12,13). The van der Waals surface area contributed by atoms with E-state index in [2.05, 4.69) is 4.98 Å². The molecule has 14 heavy (non-hydrogen) atoms. The smallest absolute Gasteiger partial charge is 0.312 e. The molecule has 0 amide bonds. The summed E-state index contributed by atoms with van der Waals surface area (Å²) in [5.74, 6) is -1.25. The van der Waals surface area contributed by atoms with Crippen LogP contribution in [0.15, 0.2) is 18.3 Å². The number of carbonyl (C=O) groups is 1. The zero-order valence-electron chi connectivity index (χ0n) is 7.80. The minimum Gasteiger partial charge on any atom is -0.481 e. The molecule has 0 aromatic carbocycles. The topological polar surface area (TPSA) is 85.4 Å². The highest BCUT2D eigenvalue weighted by atomic mass is 16.5. The maximum Gasteiger partial charge on any atom is 0.312 e. The van der Waals surface area contributed by atoms with Crippen LogP contribution >= 0.6 is 0 Å². The monoisotopic (exact) mass is 196 g/mol. The van der Waals surface area contributed by atoms with Crippen LogP contribution in [0.4, 0.5) is 0 Å². The van der Waals surface area contributed by atoms with E-state index in [0.717, 1.165) is 0 Å². The maximum absolute atomic E-state index is 10.8. The van der Waals surface area contributed by atoms with E-state index in [-0.39, 0.29) is 6.54 Å². The van der Waals surface area contributed by atoms with E-state index in [1.54, 1.807) is 12.1 Å². The molecule has 0 fully saturated rings. The molecule has 0 saturated carbocycles. The summed E-state index contributed by atoms with van der Waals surface area (Å²) in [6.45, 7) is 0.0580. The van der Waals surface area contributed by atoms with Gasteiger partial charge in [-0.3, -0.25) is 4.79 Å². The van der Waals surface area contributed by atoms with Gasteiger partial charge in [0.15, 0.2) is 0 Å². The number of ether oxygens (including phenoxy) is 1. The summed E-state index contributed by atoms with van der Waals surface area (Å²) in [4.78, 5) is 14.7. The van der Waals surface area contributed by atoms with Gasteiger partial charge in [-0.2, -0.15) is 0 Å². The van der Waals surface area contributed by atoms with Crippen molar-refractivity contribution in [3.05, 3.63) is 23.9 Å². The molecule has 1 heterocycles. The van der Waals surface area contributed by atoms with Crippen LogP contribution < -0.4 is 10.5 Å². The van der Waals surface area contributed by atoms with Crippen LogP contribution in [0.25, 0.3) is 0 Å². The van der Waals surface area contributed by atoms with Gasteiger partial charge in [0.2, 0.25) is 5.88 Å². The fourth-order valence-corrected chi connectivity index (χ4v) is 1.13. The van der Waals surface area contributed by atoms with Crippen molar-refractivity contribution in [3.8, 4) is 5.88 Å². The normalized spacial score (nSPS) is 12.1. The maximum atomic E-state index is 10.8. The van der Waals surface area contributed by atoms with Crippen LogP contribution in [-0.2, 0) is 4.79 Å². The molecule has 0 bridgehead atoms. The predicted molar refractivity (Wildman–Crippen MR) is 50.2 cm³/mol. The molecule has 0 aliphatic heterocycles. The van der Waals surface area contributed by atoms with Crippen molar-refractivity contribution in [1.29, 1.82) is 0 Å². The summed E-state index contributed by atoms with van der Waals surface area (Å²) in [6, 6.07) is 3.19. The van der Waals surface area contributed by atoms with Crippen LogP contribution in [0, 0.1) is 0 Å². The van der Waals surface area contributed by atoms with Crippen molar-refractivity contribution in [2.45, 2.75) is 5.92 Å². The third kappa shape index (κ3) is 2.20. The first-order chi connectivity index (χ1) is 6.69. The number of aliphatic carboxylic acids is 1. The molecule has 1 aromatic rings. The number of carboxylic acid groups (broad SMARTS) is 1. The van der Waals surface area contributed by atoms with E-state index in [0.29, 0.717) is 11.4 Å². The zero-order chi connectivity index (χ0) is 10.6. The second-order valence-corrected chi connectivity index (χ2v) is 2.76. The highest BCUT2D eigenvalue weighted by Crippen LogP contribution is 2.18. The molecular formula is C9H12N2O3. The molecule has 5 heteroatoms. The molecule has 3 N–H and O–H groups in total. The fourth-order valence-electron chi connectivity index (χ4n) is 1.13. The SMILES string of the molecule is COc1cc(C(CN)C(=O)O)ccn1. The summed E-state index contributed by atoms with van der Waals surface area (Å²) in [6.07, 6.45) is 1.50. The summed E-state index contributed by atoms with van der Waals surface area (Å²) >= 11 is 0. The Bertz CT molecular complexity index is 328. The lowest BCUT2D eigenvalue weighted by Gasteiger charge is -2.10. The predicted octanol–water partition coefficient (Wildman–Crippen LogP) is 0.217. The van der Waals surface area contributed by atoms with Crippen molar-refractivity contribution in [1.82, 2.24) is 4.98 Å². The van der Waals surface area contributed by atoms with Gasteiger partial charge in [-0.05, 0) is 11.6 Å². The van der Waals surface area contributed by atoms with Crippen LogP contribution in [0.2, 0.25) is 0 Å². The lowest BCUT2D eigenvalue weighted by Crippen LogP contribution is -2.21. The van der Waals surface area contributed by atoms with Gasteiger partial charge in [-0.1, -0.05) is 0 Å². The molecule has 76 valence electrons. The van der Waals surface area contributed by atoms with Crippen LogP contribution in [-0.4, -0.2) is 29.7 Å². The molecule has 0 aliphatic rings. The number of pyridine rings is 1. The van der Waals surface area contributed by atoms with Gasteiger partial charge in [0.25, 0.3) is 0 Å². The van der Waals surface area contributed by atoms with Crippen LogP contribution in [0.3, 0.4) is 0 Å². The molecule has 0 spiro atoms. The lowest BCUT2D eigenvalue weighted by atomic mass is 10.0. The minimum atomic E-state index is -0.944. The number of carboxylic acids is 1. The van der Waals surface area contributed by atoms with Gasteiger partial charge in [0.1, 0.15) is 0 Å². The first-order valence-corrected chi connectivity index (χ1v) is 4.12. The minimum absolute atomic E-state index is 0.0580. The van der Waals surface area contributed by atoms with Gasteiger partial charge in [-0.25, -0.2) is 4.98 Å². The van der Waals surface area contributed by atoms with Crippen molar-refractivity contribution in [2.24, 2.45) is 5.73 Å². The Morgan fingerprint density at radius 3 is 3.00 bits per heavy atom. The largest absolute Gasteiger partial charge is 0.481 e. The number of rotatable bonds is 4. The first kappa shape index (κ1) is 10.5. The molecular weight excluding hydrogens is 184 g/mol. The Balaban J connectivity index is 2.98. The average Bonchev–Trinajstić information content (AvgIpc) is 2.19. The second kappa shape index (κ2) is 4.57. The van der Waals surface area contributed by atoms with Gasteiger partial charge in [-0.15, -0.1) is 0 Å². The van der Waals surface area contributed by atoms with E-state index in [4.69, 9.17) is 15.6 Å². The van der Waals surface area contributed by atoms with E-state index < -0.39 is 11.9 Å². The molecule has 1 unspecified atom stereocenters. The lowest BCUT2D eigenvalue weighted by molar-refractivity contribution is -0.138. The van der Waals surface area contributed by atoms with Gasteiger partial charge in [0, 0.05) is 18.8 Å². The second-order valence-electron chi connectivity index (χ2n) is 2.76. The van der Waals surface area contributed by atoms with E-state index in [9.17, 15) is 4.79 Å². The third-order valence-electron chi connectivity index (χ3n) is 1.90. The van der Waals surface area contributed by atoms with Crippen LogP contribution in [0.5, 0.6) is 5.88 Å². The number of nitrogens with zero attached hydrogens (tertiary/aromatic N) is 1. The highest BCUT2D eigenvalue weighted by molar-refractivity contribution is 5.76. The quantitative estimate of drug-likeness (QED) is 0.719. The zero-order valence-corrected chi connectivity index (χ0v) is 7.80. The Morgan fingerprint density at radius 2 is 2.50 bits per heavy atom. The van der Waals surface area contributed by atoms with Gasteiger partial charge < -0.3 is 15.6 Å². The van der Waals surface area contributed by atoms with E-state index >= 15 is 0 Å². The van der Waals surface area contributed by atoms with Crippen molar-refractivity contribution >= 4 is 5.97 Å². The van der Waals surface area contributed by atoms with E-state index in [1.807, 2.05) is 0 Å². The van der Waals surface area contributed by atoms with Crippen molar-refractivity contribution in [2.75, 3.05) is 13.7 Å². The third-order valence-corrected chi connectivity index (χ3v) is 1.90.